The van der Waals surface area contributed by atoms with Crippen molar-refractivity contribution in [2.24, 2.45) is 0 Å². The van der Waals surface area contributed by atoms with Crippen molar-refractivity contribution >= 4 is 15.9 Å². The van der Waals surface area contributed by atoms with Crippen molar-refractivity contribution < 1.29 is 22.6 Å². The van der Waals surface area contributed by atoms with Crippen molar-refractivity contribution in [2.75, 3.05) is 0 Å². The molecule has 0 N–H and O–H groups in total. The molecule has 0 amide bonds. The van der Waals surface area contributed by atoms with E-state index in [1.54, 1.807) is 18.2 Å². The minimum absolute atomic E-state index is 0.0399. The lowest BCUT2D eigenvalue weighted by molar-refractivity contribution is 0.290. The molecule has 5 aromatic rings. The molecule has 0 aromatic heterocycles. The summed E-state index contributed by atoms with van der Waals surface area (Å²) in [6.45, 7) is 1.01. The van der Waals surface area contributed by atoms with Gasteiger partial charge in [-0.2, -0.15) is 0 Å². The van der Waals surface area contributed by atoms with Gasteiger partial charge in [0.1, 0.15) is 42.0 Å². The molecule has 0 bridgehead atoms. The van der Waals surface area contributed by atoms with Crippen LogP contribution in [0.3, 0.4) is 0 Å². The quantitative estimate of drug-likeness (QED) is 0.155. The largest absolute Gasteiger partial charge is 0.489 e. The third-order valence-electron chi connectivity index (χ3n) is 6.28. The van der Waals surface area contributed by atoms with E-state index in [0.717, 1.165) is 22.3 Å². The number of benzene rings is 5. The lowest BCUT2D eigenvalue weighted by atomic mass is 10.2. The molecule has 5 rings (SSSR count). The van der Waals surface area contributed by atoms with Crippen molar-refractivity contribution in [3.63, 3.8) is 0 Å². The minimum Gasteiger partial charge on any atom is -0.489 e. The summed E-state index contributed by atoms with van der Waals surface area (Å²) in [5.74, 6) is 1.40. The van der Waals surface area contributed by atoms with Gasteiger partial charge in [0.15, 0.2) is 0 Å². The normalized spacial score (nSPS) is 11.3. The van der Waals surface area contributed by atoms with E-state index in [2.05, 4.69) is 0 Å². The van der Waals surface area contributed by atoms with Crippen LogP contribution in [0.1, 0.15) is 22.3 Å². The van der Waals surface area contributed by atoms with Crippen molar-refractivity contribution in [1.29, 1.82) is 0 Å². The van der Waals surface area contributed by atoms with Crippen molar-refractivity contribution in [3.05, 3.63) is 161 Å². The van der Waals surface area contributed by atoms with Gasteiger partial charge in [0.2, 0.25) is 9.84 Å². The molecule has 0 aliphatic heterocycles. The zero-order chi connectivity index (χ0) is 28.3. The van der Waals surface area contributed by atoms with E-state index in [1.807, 2.05) is 115 Å². The van der Waals surface area contributed by atoms with Gasteiger partial charge in [-0.05, 0) is 52.6 Å². The second-order valence-electron chi connectivity index (χ2n) is 9.35. The van der Waals surface area contributed by atoms with Gasteiger partial charge in [0.05, 0.1) is 0 Å². The van der Waals surface area contributed by atoms with Crippen LogP contribution in [0.4, 0.5) is 0 Å². The Morgan fingerprint density at radius 3 is 1.51 bits per heavy atom. The van der Waals surface area contributed by atoms with Crippen molar-refractivity contribution in [2.45, 2.75) is 24.7 Å². The molecule has 6 heteroatoms. The maximum atomic E-state index is 13.5. The third kappa shape index (κ3) is 8.10. The Bertz CT molecular complexity index is 1670. The Balaban J connectivity index is 1.32. The monoisotopic (exact) mass is 562 g/mol. The summed E-state index contributed by atoms with van der Waals surface area (Å²) >= 11 is 0. The maximum Gasteiger partial charge on any atom is 0.203 e. The summed E-state index contributed by atoms with van der Waals surface area (Å²) in [4.78, 5) is 0.0399. The van der Waals surface area contributed by atoms with Crippen LogP contribution in [-0.2, 0) is 29.7 Å². The predicted molar refractivity (Wildman–Crippen MR) is 161 cm³/mol. The lowest BCUT2D eigenvalue weighted by Crippen LogP contribution is -2.04. The first-order chi connectivity index (χ1) is 20.0. The van der Waals surface area contributed by atoms with Crippen LogP contribution in [0.5, 0.6) is 17.2 Å². The summed E-state index contributed by atoms with van der Waals surface area (Å²) in [5.41, 5.74) is 3.72. The summed E-state index contributed by atoms with van der Waals surface area (Å²) < 4.78 is 44.8. The van der Waals surface area contributed by atoms with E-state index in [-0.39, 0.29) is 17.3 Å². The molecule has 0 atom stereocenters. The van der Waals surface area contributed by atoms with Crippen LogP contribution in [0, 0.1) is 0 Å². The first-order valence-corrected chi connectivity index (χ1v) is 14.8. The molecule has 0 heterocycles. The number of sulfone groups is 1. The Labute approximate surface area is 241 Å². The van der Waals surface area contributed by atoms with E-state index in [4.69, 9.17) is 14.2 Å². The van der Waals surface area contributed by atoms with E-state index in [9.17, 15) is 8.42 Å². The fourth-order valence-electron chi connectivity index (χ4n) is 4.05. The number of rotatable bonds is 12. The van der Waals surface area contributed by atoms with Crippen LogP contribution < -0.4 is 14.2 Å². The molecule has 41 heavy (non-hydrogen) atoms. The van der Waals surface area contributed by atoms with Gasteiger partial charge in [-0.25, -0.2) is 8.42 Å². The number of hydrogen-bond donors (Lipinski definition) is 0. The molecule has 206 valence electrons. The molecule has 0 radical (unpaired) electrons. The zero-order valence-corrected chi connectivity index (χ0v) is 23.2. The van der Waals surface area contributed by atoms with Gasteiger partial charge >= 0.3 is 0 Å². The highest BCUT2D eigenvalue weighted by molar-refractivity contribution is 7.94. The van der Waals surface area contributed by atoms with Crippen LogP contribution in [0.2, 0.25) is 0 Å². The average molecular weight is 563 g/mol. The molecule has 0 spiro atoms. The summed E-state index contributed by atoms with van der Waals surface area (Å²) in [5, 5.41) is 1.19. The fraction of sp³-hybridized carbons (Fsp3) is 0.0857. The highest BCUT2D eigenvalue weighted by atomic mass is 32.2. The number of hydrogen-bond acceptors (Lipinski definition) is 5. The Morgan fingerprint density at radius 2 is 0.976 bits per heavy atom. The van der Waals surface area contributed by atoms with E-state index in [1.165, 1.54) is 11.5 Å². The van der Waals surface area contributed by atoms with Crippen molar-refractivity contribution in [3.8, 4) is 17.2 Å². The Morgan fingerprint density at radius 1 is 0.512 bits per heavy atom. The van der Waals surface area contributed by atoms with Gasteiger partial charge in [0.25, 0.3) is 0 Å². The smallest absolute Gasteiger partial charge is 0.203 e. The molecule has 5 nitrogen and oxygen atoms in total. The van der Waals surface area contributed by atoms with Crippen LogP contribution in [0.15, 0.2) is 144 Å². The molecule has 5 aromatic carbocycles. The summed E-state index contributed by atoms with van der Waals surface area (Å²) in [6, 6.07) is 41.4. The highest BCUT2D eigenvalue weighted by Crippen LogP contribution is 2.31. The molecule has 0 saturated carbocycles. The molecule has 0 aliphatic rings. The van der Waals surface area contributed by atoms with Crippen LogP contribution in [0.25, 0.3) is 6.08 Å². The lowest BCUT2D eigenvalue weighted by Gasteiger charge is -2.13. The standard InChI is InChI=1S/C35H30O5S/c36-41(37,23-22-28-16-18-32(19-17-28)38-25-29-10-4-1-5-11-29)35-24-33(39-26-30-12-6-2-7-13-30)20-21-34(35)40-27-31-14-8-3-9-15-31/h1-24H,25-27H2/b23-22+. The van der Waals surface area contributed by atoms with E-state index >= 15 is 0 Å². The Hall–Kier alpha value is -4.81. The number of ether oxygens (including phenoxy) is 3. The van der Waals surface area contributed by atoms with E-state index in [0.29, 0.717) is 24.7 Å². The first kappa shape index (κ1) is 27.7. The molecular formula is C35H30O5S. The van der Waals surface area contributed by atoms with Crippen LogP contribution in [-0.4, -0.2) is 8.42 Å². The maximum absolute atomic E-state index is 13.5. The third-order valence-corrected chi connectivity index (χ3v) is 7.70. The highest BCUT2D eigenvalue weighted by Gasteiger charge is 2.19. The molecule has 0 aliphatic carbocycles. The molecule has 0 fully saturated rings. The predicted octanol–water partition coefficient (Wildman–Crippen LogP) is 7.87. The van der Waals surface area contributed by atoms with Gasteiger partial charge in [-0.3, -0.25) is 0 Å². The second kappa shape index (κ2) is 13.5. The fourth-order valence-corrected chi connectivity index (χ4v) is 5.22. The van der Waals surface area contributed by atoms with Gasteiger partial charge in [-0.15, -0.1) is 0 Å². The summed E-state index contributed by atoms with van der Waals surface area (Å²) in [7, 11) is -3.87. The Kier molecular flexibility index (Phi) is 9.14. The van der Waals surface area contributed by atoms with Crippen molar-refractivity contribution in [1.82, 2.24) is 0 Å². The topological polar surface area (TPSA) is 61.8 Å². The van der Waals surface area contributed by atoms with Crippen LogP contribution >= 0.6 is 0 Å². The zero-order valence-electron chi connectivity index (χ0n) is 22.4. The first-order valence-electron chi connectivity index (χ1n) is 13.2. The second-order valence-corrected chi connectivity index (χ2v) is 11.2. The van der Waals surface area contributed by atoms with E-state index < -0.39 is 9.84 Å². The molecule has 0 unspecified atom stereocenters. The van der Waals surface area contributed by atoms with Gasteiger partial charge < -0.3 is 14.2 Å². The molecular weight excluding hydrogens is 532 g/mol. The van der Waals surface area contributed by atoms with Gasteiger partial charge in [0, 0.05) is 11.5 Å². The average Bonchev–Trinajstić information content (AvgIpc) is 3.03. The molecule has 0 saturated heterocycles. The summed E-state index contributed by atoms with van der Waals surface area (Å²) in [6.07, 6.45) is 1.56. The van der Waals surface area contributed by atoms with Gasteiger partial charge in [-0.1, -0.05) is 103 Å². The minimum atomic E-state index is -3.87. The SMILES string of the molecule is O=S(=O)(/C=C/c1ccc(OCc2ccccc2)cc1)c1cc(OCc2ccccc2)ccc1OCc1ccccc1.